The van der Waals surface area contributed by atoms with Crippen LogP contribution in [0.4, 0.5) is 0 Å². The highest BCUT2D eigenvalue weighted by Crippen LogP contribution is 2.45. The van der Waals surface area contributed by atoms with Gasteiger partial charge in [0.15, 0.2) is 0 Å². The third kappa shape index (κ3) is 4.33. The molecule has 0 amide bonds. The summed E-state index contributed by atoms with van der Waals surface area (Å²) in [4.78, 5) is 12.2. The van der Waals surface area contributed by atoms with E-state index >= 15 is 0 Å². The third-order valence-electron chi connectivity index (χ3n) is 6.93. The topological polar surface area (TPSA) is 35.5 Å². The minimum absolute atomic E-state index is 0.324. The monoisotopic (exact) mass is 474 g/mol. The molecule has 3 nitrogen and oxygen atoms in total. The van der Waals surface area contributed by atoms with Crippen LogP contribution in [0.15, 0.2) is 84.9 Å². The number of carbonyl (C=O) groups excluding carboxylic acids is 1. The fourth-order valence-corrected chi connectivity index (χ4v) is 5.14. The van der Waals surface area contributed by atoms with E-state index in [4.69, 9.17) is 9.47 Å². The normalized spacial score (nSPS) is 12.8. The van der Waals surface area contributed by atoms with Crippen molar-refractivity contribution in [2.24, 2.45) is 0 Å². The van der Waals surface area contributed by atoms with Gasteiger partial charge in [0.05, 0.1) is 6.61 Å². The Morgan fingerprint density at radius 3 is 2.17 bits per heavy atom. The van der Waals surface area contributed by atoms with Gasteiger partial charge in [0.1, 0.15) is 12.4 Å². The molecule has 0 aromatic heterocycles. The Labute approximate surface area is 213 Å². The van der Waals surface area contributed by atoms with E-state index in [1.807, 2.05) is 37.3 Å². The average Bonchev–Trinajstić information content (AvgIpc) is 3.17. The van der Waals surface area contributed by atoms with Crippen molar-refractivity contribution in [3.05, 3.63) is 118 Å². The van der Waals surface area contributed by atoms with Gasteiger partial charge in [-0.25, -0.2) is 4.79 Å². The molecule has 1 aliphatic rings. The zero-order valence-corrected chi connectivity index (χ0v) is 21.2. The molecule has 1 aliphatic carbocycles. The molecule has 180 valence electrons. The second-order valence-electron chi connectivity index (χ2n) is 9.21. The van der Waals surface area contributed by atoms with Gasteiger partial charge in [-0.1, -0.05) is 66.7 Å². The summed E-state index contributed by atoms with van der Waals surface area (Å²) >= 11 is 0. The minimum atomic E-state index is -0.324. The van der Waals surface area contributed by atoms with Crippen molar-refractivity contribution in [2.45, 2.75) is 34.3 Å². The van der Waals surface area contributed by atoms with Crippen LogP contribution in [-0.4, -0.2) is 12.6 Å². The fraction of sp³-hybridized carbons (Fsp3) is 0.182. The van der Waals surface area contributed by atoms with Gasteiger partial charge in [-0.3, -0.25) is 0 Å². The van der Waals surface area contributed by atoms with E-state index < -0.39 is 0 Å². The van der Waals surface area contributed by atoms with Crippen molar-refractivity contribution < 1.29 is 14.3 Å². The molecule has 0 bridgehead atoms. The Morgan fingerprint density at radius 2 is 1.42 bits per heavy atom. The second-order valence-corrected chi connectivity index (χ2v) is 9.21. The molecule has 4 aromatic carbocycles. The molecule has 4 aromatic rings. The zero-order chi connectivity index (χ0) is 25.2. The maximum absolute atomic E-state index is 12.2. The highest BCUT2D eigenvalue weighted by Gasteiger charge is 2.24. The lowest BCUT2D eigenvalue weighted by Gasteiger charge is -2.16. The van der Waals surface area contributed by atoms with Crippen LogP contribution in [0.25, 0.3) is 27.8 Å². The summed E-state index contributed by atoms with van der Waals surface area (Å²) in [5.74, 6) is 0.479. The zero-order valence-electron chi connectivity index (χ0n) is 21.2. The van der Waals surface area contributed by atoms with E-state index in [0.29, 0.717) is 13.2 Å². The van der Waals surface area contributed by atoms with E-state index in [1.165, 1.54) is 33.4 Å². The average molecular weight is 475 g/mol. The smallest absolute Gasteiger partial charge is 0.331 e. The molecule has 0 spiro atoms. The first-order valence-electron chi connectivity index (χ1n) is 12.4. The first-order chi connectivity index (χ1) is 17.5. The number of ether oxygens (including phenoxy) is 2. The molecule has 0 radical (unpaired) electrons. The van der Waals surface area contributed by atoms with E-state index in [-0.39, 0.29) is 5.97 Å². The summed E-state index contributed by atoms with van der Waals surface area (Å²) in [5, 5.41) is 0. The highest BCUT2D eigenvalue weighted by atomic mass is 16.5. The summed E-state index contributed by atoms with van der Waals surface area (Å²) in [6.45, 7) is 9.15. The van der Waals surface area contributed by atoms with Crippen LogP contribution in [0.2, 0.25) is 0 Å². The summed E-state index contributed by atoms with van der Waals surface area (Å²) in [6, 6.07) is 27.1. The summed E-state index contributed by atoms with van der Waals surface area (Å²) in [6.07, 6.45) is 1.59. The molecule has 0 fully saturated rings. The predicted molar refractivity (Wildman–Crippen MR) is 146 cm³/mol. The van der Waals surface area contributed by atoms with E-state index in [1.54, 1.807) is 6.08 Å². The largest absolute Gasteiger partial charge is 0.489 e. The Hall–Kier alpha value is -4.11. The molecule has 0 atom stereocenters. The van der Waals surface area contributed by atoms with Crippen LogP contribution in [0.1, 0.15) is 40.3 Å². The number of hydrogen-bond donors (Lipinski definition) is 0. The lowest BCUT2D eigenvalue weighted by atomic mass is 9.91. The molecule has 0 saturated carbocycles. The van der Waals surface area contributed by atoms with Gasteiger partial charge in [0.2, 0.25) is 0 Å². The summed E-state index contributed by atoms with van der Waals surface area (Å²) < 4.78 is 11.5. The van der Waals surface area contributed by atoms with Crippen LogP contribution in [0, 0.1) is 20.8 Å². The van der Waals surface area contributed by atoms with E-state index in [2.05, 4.69) is 69.3 Å². The van der Waals surface area contributed by atoms with Crippen molar-refractivity contribution in [1.82, 2.24) is 0 Å². The number of carbonyl (C=O) groups is 1. The van der Waals surface area contributed by atoms with Crippen LogP contribution >= 0.6 is 0 Å². The number of rotatable bonds is 6. The van der Waals surface area contributed by atoms with Crippen molar-refractivity contribution in [2.75, 3.05) is 6.61 Å². The van der Waals surface area contributed by atoms with Crippen LogP contribution in [0.5, 0.6) is 5.75 Å². The Kier molecular flexibility index (Phi) is 6.47. The molecule has 0 unspecified atom stereocenters. The first-order valence-corrected chi connectivity index (χ1v) is 12.4. The number of hydrogen-bond acceptors (Lipinski definition) is 3. The number of fused-ring (bicyclic) bond motifs is 3. The van der Waals surface area contributed by atoms with Gasteiger partial charge in [-0.2, -0.15) is 0 Å². The molecule has 0 aliphatic heterocycles. The lowest BCUT2D eigenvalue weighted by molar-refractivity contribution is -0.137. The Bertz CT molecular complexity index is 1470. The van der Waals surface area contributed by atoms with Gasteiger partial charge in [0.25, 0.3) is 0 Å². The Balaban J connectivity index is 1.44. The van der Waals surface area contributed by atoms with E-state index in [0.717, 1.165) is 33.6 Å². The maximum Gasteiger partial charge on any atom is 0.331 e. The van der Waals surface area contributed by atoms with Crippen LogP contribution < -0.4 is 4.74 Å². The first kappa shape index (κ1) is 23.6. The number of aryl methyl sites for hydroxylation is 2. The van der Waals surface area contributed by atoms with Gasteiger partial charge in [-0.15, -0.1) is 0 Å². The number of benzene rings is 4. The molecule has 0 heterocycles. The summed E-state index contributed by atoms with van der Waals surface area (Å²) in [5.41, 5.74) is 12.6. The fourth-order valence-electron chi connectivity index (χ4n) is 5.14. The van der Waals surface area contributed by atoms with Gasteiger partial charge >= 0.3 is 5.97 Å². The summed E-state index contributed by atoms with van der Waals surface area (Å²) in [7, 11) is 0. The Morgan fingerprint density at radius 1 is 0.750 bits per heavy atom. The second kappa shape index (κ2) is 9.87. The van der Waals surface area contributed by atoms with Crippen LogP contribution in [-0.2, 0) is 16.1 Å². The van der Waals surface area contributed by atoms with E-state index in [9.17, 15) is 4.79 Å². The van der Waals surface area contributed by atoms with Crippen LogP contribution in [0.3, 0.4) is 0 Å². The van der Waals surface area contributed by atoms with Crippen molar-refractivity contribution in [3.63, 3.8) is 0 Å². The van der Waals surface area contributed by atoms with Crippen molar-refractivity contribution in [1.29, 1.82) is 0 Å². The minimum Gasteiger partial charge on any atom is -0.489 e. The standard InChI is InChI=1S/C33H30O3/c1-5-35-32(34)19-31-28-14-7-6-13-27(28)30-18-25(16-17-29(30)31)36-20-24-12-9-15-26(23(24)4)33-21(2)10-8-11-22(33)3/h6-19H,5,20H2,1-4H3. The predicted octanol–water partition coefficient (Wildman–Crippen LogP) is 7.83. The molecule has 0 saturated heterocycles. The van der Waals surface area contributed by atoms with Gasteiger partial charge in [-0.05, 0) is 101 Å². The maximum atomic E-state index is 12.2. The lowest BCUT2D eigenvalue weighted by Crippen LogP contribution is -2.01. The SMILES string of the molecule is CCOC(=O)C=C1c2ccccc2-c2cc(OCc3cccc(-c4c(C)cccc4C)c3C)ccc21. The molecule has 0 N–H and O–H groups in total. The molecule has 36 heavy (non-hydrogen) atoms. The molecule has 5 rings (SSSR count). The highest BCUT2D eigenvalue weighted by molar-refractivity contribution is 6.07. The molecular formula is C33H30O3. The van der Waals surface area contributed by atoms with Gasteiger partial charge in [0, 0.05) is 6.08 Å². The molecule has 3 heteroatoms. The quantitative estimate of drug-likeness (QED) is 0.186. The third-order valence-corrected chi connectivity index (χ3v) is 6.93. The number of esters is 1. The molecular weight excluding hydrogens is 444 g/mol. The van der Waals surface area contributed by atoms with Crippen molar-refractivity contribution >= 4 is 11.5 Å². The van der Waals surface area contributed by atoms with Gasteiger partial charge < -0.3 is 9.47 Å². The van der Waals surface area contributed by atoms with Crippen molar-refractivity contribution in [3.8, 4) is 28.0 Å².